The first-order chi connectivity index (χ1) is 6.54. The largest absolute Gasteiger partial charge is 0.496 e. The van der Waals surface area contributed by atoms with E-state index in [1.165, 1.54) is 0 Å². The lowest BCUT2D eigenvalue weighted by Gasteiger charge is -2.07. The number of ether oxygens (including phenoxy) is 1. The smallest absolute Gasteiger partial charge is 0.133 e. The van der Waals surface area contributed by atoms with E-state index < -0.39 is 0 Å². The lowest BCUT2D eigenvalue weighted by Crippen LogP contribution is -1.88. The Bertz CT molecular complexity index is 368. The predicted octanol–water partition coefficient (Wildman–Crippen LogP) is 4.85. The number of rotatable bonds is 2. The van der Waals surface area contributed by atoms with Crippen LogP contribution in [0, 0.1) is 6.92 Å². The standard InChI is InChI=1S/C10H9Br3O/c1-6-3-7(5-9(11)12)10(13)8(4-6)14-2/h3-5H,1-2H3. The van der Waals surface area contributed by atoms with Crippen molar-refractivity contribution in [3.8, 4) is 5.75 Å². The van der Waals surface area contributed by atoms with E-state index in [1.54, 1.807) is 7.11 Å². The van der Waals surface area contributed by atoms with Crippen LogP contribution in [0.5, 0.6) is 5.75 Å². The number of aryl methyl sites for hydroxylation is 1. The van der Waals surface area contributed by atoms with Crippen molar-refractivity contribution >= 4 is 53.9 Å². The van der Waals surface area contributed by atoms with Gasteiger partial charge in [-0.05, 0) is 78.0 Å². The van der Waals surface area contributed by atoms with E-state index in [0.29, 0.717) is 0 Å². The molecular weight excluding hydrogens is 376 g/mol. The van der Waals surface area contributed by atoms with Crippen molar-refractivity contribution in [2.75, 3.05) is 7.11 Å². The van der Waals surface area contributed by atoms with Gasteiger partial charge in [-0.25, -0.2) is 0 Å². The lowest BCUT2D eigenvalue weighted by atomic mass is 10.1. The Morgan fingerprint density at radius 3 is 2.50 bits per heavy atom. The molecule has 0 saturated carbocycles. The van der Waals surface area contributed by atoms with Crippen molar-refractivity contribution in [1.82, 2.24) is 0 Å². The van der Waals surface area contributed by atoms with Gasteiger partial charge in [-0.2, -0.15) is 0 Å². The van der Waals surface area contributed by atoms with Crippen LogP contribution in [0.15, 0.2) is 20.0 Å². The molecule has 0 fully saturated rings. The molecule has 0 aliphatic heterocycles. The van der Waals surface area contributed by atoms with Crippen LogP contribution < -0.4 is 4.74 Å². The second-order valence-electron chi connectivity index (χ2n) is 2.80. The quantitative estimate of drug-likeness (QED) is 0.708. The van der Waals surface area contributed by atoms with Crippen LogP contribution in [0.2, 0.25) is 0 Å². The molecule has 0 aromatic heterocycles. The van der Waals surface area contributed by atoms with Gasteiger partial charge in [0.15, 0.2) is 0 Å². The molecule has 1 rings (SSSR count). The fourth-order valence-electron chi connectivity index (χ4n) is 1.13. The van der Waals surface area contributed by atoms with E-state index in [9.17, 15) is 0 Å². The molecule has 0 heterocycles. The summed E-state index contributed by atoms with van der Waals surface area (Å²) < 4.78 is 7.10. The van der Waals surface area contributed by atoms with Crippen molar-refractivity contribution in [2.24, 2.45) is 0 Å². The van der Waals surface area contributed by atoms with Gasteiger partial charge in [-0.3, -0.25) is 0 Å². The summed E-state index contributed by atoms with van der Waals surface area (Å²) in [6.07, 6.45) is 1.97. The van der Waals surface area contributed by atoms with Gasteiger partial charge in [0.05, 0.1) is 15.0 Å². The summed E-state index contributed by atoms with van der Waals surface area (Å²) in [4.78, 5) is 0. The topological polar surface area (TPSA) is 9.23 Å². The Balaban J connectivity index is 3.29. The van der Waals surface area contributed by atoms with Gasteiger partial charge in [0, 0.05) is 0 Å². The van der Waals surface area contributed by atoms with Crippen LogP contribution >= 0.6 is 47.8 Å². The molecule has 0 radical (unpaired) electrons. The van der Waals surface area contributed by atoms with Gasteiger partial charge >= 0.3 is 0 Å². The minimum Gasteiger partial charge on any atom is -0.496 e. The summed E-state index contributed by atoms with van der Waals surface area (Å²) in [6.45, 7) is 2.04. The van der Waals surface area contributed by atoms with E-state index in [-0.39, 0.29) is 0 Å². The molecule has 0 spiro atoms. The van der Waals surface area contributed by atoms with Crippen LogP contribution in [0.1, 0.15) is 11.1 Å². The average Bonchev–Trinajstić information content (AvgIpc) is 2.09. The maximum absolute atomic E-state index is 5.24. The van der Waals surface area contributed by atoms with Crippen LogP contribution in [0.3, 0.4) is 0 Å². The molecule has 0 saturated heterocycles. The van der Waals surface area contributed by atoms with E-state index in [2.05, 4.69) is 53.9 Å². The first-order valence-corrected chi connectivity index (χ1v) is 6.29. The summed E-state index contributed by atoms with van der Waals surface area (Å²) in [6, 6.07) is 4.07. The highest BCUT2D eigenvalue weighted by molar-refractivity contribution is 9.28. The zero-order valence-corrected chi connectivity index (χ0v) is 12.5. The Kier molecular flexibility index (Phi) is 4.67. The minimum absolute atomic E-state index is 0.845. The normalized spacial score (nSPS) is 9.79. The van der Waals surface area contributed by atoms with E-state index in [1.807, 2.05) is 19.1 Å². The Morgan fingerprint density at radius 2 is 2.00 bits per heavy atom. The Hall–Kier alpha value is 0.200. The maximum atomic E-state index is 5.24. The molecule has 1 nitrogen and oxygen atoms in total. The molecule has 1 aromatic carbocycles. The van der Waals surface area contributed by atoms with Crippen molar-refractivity contribution < 1.29 is 4.74 Å². The van der Waals surface area contributed by atoms with Crippen LogP contribution in [-0.4, -0.2) is 7.11 Å². The van der Waals surface area contributed by atoms with Crippen molar-refractivity contribution in [2.45, 2.75) is 6.92 Å². The molecule has 1 aromatic rings. The molecule has 0 aliphatic rings. The molecule has 76 valence electrons. The SMILES string of the molecule is COc1cc(C)cc(C=C(Br)Br)c1Br. The number of halogens is 3. The third-order valence-corrected chi connectivity index (χ3v) is 3.00. The molecule has 0 aliphatic carbocycles. The van der Waals surface area contributed by atoms with Crippen LogP contribution in [0.25, 0.3) is 6.08 Å². The number of hydrogen-bond donors (Lipinski definition) is 0. The fourth-order valence-corrected chi connectivity index (χ4v) is 2.13. The molecule has 4 heteroatoms. The molecule has 0 bridgehead atoms. The number of benzene rings is 1. The molecular formula is C10H9Br3O. The van der Waals surface area contributed by atoms with Gasteiger partial charge in [0.25, 0.3) is 0 Å². The maximum Gasteiger partial charge on any atom is 0.133 e. The summed E-state index contributed by atoms with van der Waals surface area (Å²) in [7, 11) is 1.66. The average molecular weight is 385 g/mol. The van der Waals surface area contributed by atoms with Gasteiger partial charge in [0.2, 0.25) is 0 Å². The predicted molar refractivity (Wildman–Crippen MR) is 71.3 cm³/mol. The van der Waals surface area contributed by atoms with Crippen molar-refractivity contribution in [3.63, 3.8) is 0 Å². The molecule has 0 unspecified atom stereocenters. The van der Waals surface area contributed by atoms with Crippen molar-refractivity contribution in [3.05, 3.63) is 31.1 Å². The number of hydrogen-bond acceptors (Lipinski definition) is 1. The summed E-state index contributed by atoms with van der Waals surface area (Å²) >= 11 is 10.2. The highest BCUT2D eigenvalue weighted by Crippen LogP contribution is 2.32. The zero-order chi connectivity index (χ0) is 10.7. The number of methoxy groups -OCH3 is 1. The molecule has 0 N–H and O–H groups in total. The highest BCUT2D eigenvalue weighted by Gasteiger charge is 2.05. The lowest BCUT2D eigenvalue weighted by molar-refractivity contribution is 0.411. The molecule has 14 heavy (non-hydrogen) atoms. The van der Waals surface area contributed by atoms with Crippen molar-refractivity contribution in [1.29, 1.82) is 0 Å². The van der Waals surface area contributed by atoms with E-state index in [4.69, 9.17) is 4.74 Å². The summed E-state index contributed by atoms with van der Waals surface area (Å²) in [5.41, 5.74) is 2.24. The summed E-state index contributed by atoms with van der Waals surface area (Å²) in [5, 5.41) is 0. The fraction of sp³-hybridized carbons (Fsp3) is 0.200. The highest BCUT2D eigenvalue weighted by atomic mass is 79.9. The molecule has 0 atom stereocenters. The van der Waals surface area contributed by atoms with E-state index in [0.717, 1.165) is 24.7 Å². The first kappa shape index (κ1) is 12.3. The minimum atomic E-state index is 0.845. The third kappa shape index (κ3) is 3.11. The van der Waals surface area contributed by atoms with Gasteiger partial charge in [-0.1, -0.05) is 6.07 Å². The molecule has 0 amide bonds. The summed E-state index contributed by atoms with van der Waals surface area (Å²) in [5.74, 6) is 0.845. The van der Waals surface area contributed by atoms with Gasteiger partial charge in [0.1, 0.15) is 5.75 Å². The van der Waals surface area contributed by atoms with Gasteiger partial charge < -0.3 is 4.74 Å². The van der Waals surface area contributed by atoms with Crippen LogP contribution in [-0.2, 0) is 0 Å². The monoisotopic (exact) mass is 382 g/mol. The third-order valence-electron chi connectivity index (χ3n) is 1.70. The Labute approximate surface area is 109 Å². The first-order valence-electron chi connectivity index (χ1n) is 3.91. The Morgan fingerprint density at radius 1 is 1.36 bits per heavy atom. The second kappa shape index (κ2) is 5.33. The van der Waals surface area contributed by atoms with Crippen LogP contribution in [0.4, 0.5) is 0 Å². The second-order valence-corrected chi connectivity index (χ2v) is 6.37. The van der Waals surface area contributed by atoms with E-state index >= 15 is 0 Å². The van der Waals surface area contributed by atoms with Gasteiger partial charge in [-0.15, -0.1) is 0 Å². The zero-order valence-electron chi connectivity index (χ0n) is 7.77.